The van der Waals surface area contributed by atoms with Gasteiger partial charge in [0.1, 0.15) is 12.4 Å². The third kappa shape index (κ3) is 3.10. The van der Waals surface area contributed by atoms with Gasteiger partial charge in [0, 0.05) is 18.1 Å². The molecule has 0 aliphatic heterocycles. The molecule has 0 unspecified atom stereocenters. The Bertz CT molecular complexity index is 990. The van der Waals surface area contributed by atoms with E-state index in [9.17, 15) is 18.7 Å². The van der Waals surface area contributed by atoms with E-state index >= 15 is 0 Å². The molecule has 0 saturated heterocycles. The maximum atomic E-state index is 13.3. The van der Waals surface area contributed by atoms with Gasteiger partial charge in [-0.15, -0.1) is 0 Å². The summed E-state index contributed by atoms with van der Waals surface area (Å²) in [5.74, 6) is -3.09. The molecule has 1 aliphatic rings. The Labute approximate surface area is 154 Å². The van der Waals surface area contributed by atoms with E-state index in [1.54, 1.807) is 0 Å². The van der Waals surface area contributed by atoms with E-state index in [2.05, 4.69) is 5.32 Å². The molecular weight excluding hydrogens is 352 g/mol. The Morgan fingerprint density at radius 2 is 1.52 bits per heavy atom. The Morgan fingerprint density at radius 3 is 2.15 bits per heavy atom. The topological polar surface area (TPSA) is 58.6 Å². The second-order valence-corrected chi connectivity index (χ2v) is 6.23. The van der Waals surface area contributed by atoms with E-state index in [0.717, 1.165) is 22.3 Å². The van der Waals surface area contributed by atoms with Crippen LogP contribution in [0.15, 0.2) is 60.7 Å². The summed E-state index contributed by atoms with van der Waals surface area (Å²) in [6, 6.07) is 17.1. The van der Waals surface area contributed by atoms with Crippen LogP contribution in [0.5, 0.6) is 5.75 Å². The molecule has 0 atom stereocenters. The first-order chi connectivity index (χ1) is 13.0. The number of halogens is 2. The number of ether oxygens (including phenoxy) is 1. The molecular formula is C21H15F2NO3. The van der Waals surface area contributed by atoms with Gasteiger partial charge in [0.15, 0.2) is 11.6 Å². The first-order valence-corrected chi connectivity index (χ1v) is 8.34. The highest BCUT2D eigenvalue weighted by atomic mass is 19.2. The summed E-state index contributed by atoms with van der Waals surface area (Å²) in [6.45, 7) is 0.0737. The van der Waals surface area contributed by atoms with Crippen LogP contribution in [-0.2, 0) is 4.74 Å². The first kappa shape index (κ1) is 17.0. The van der Waals surface area contributed by atoms with Gasteiger partial charge >= 0.3 is 6.09 Å². The van der Waals surface area contributed by atoms with Gasteiger partial charge in [0.2, 0.25) is 0 Å². The van der Waals surface area contributed by atoms with Crippen molar-refractivity contribution in [2.24, 2.45) is 0 Å². The second-order valence-electron chi connectivity index (χ2n) is 6.23. The molecule has 0 spiro atoms. The zero-order chi connectivity index (χ0) is 19.0. The van der Waals surface area contributed by atoms with Crippen LogP contribution >= 0.6 is 0 Å². The molecule has 4 nitrogen and oxygen atoms in total. The van der Waals surface area contributed by atoms with Crippen molar-refractivity contribution in [2.45, 2.75) is 5.92 Å². The number of fused-ring (bicyclic) bond motifs is 3. The van der Waals surface area contributed by atoms with Crippen molar-refractivity contribution in [1.29, 1.82) is 0 Å². The highest BCUT2D eigenvalue weighted by Gasteiger charge is 2.29. The van der Waals surface area contributed by atoms with Gasteiger partial charge in [0.05, 0.1) is 5.69 Å². The van der Waals surface area contributed by atoms with Crippen LogP contribution in [0.2, 0.25) is 0 Å². The van der Waals surface area contributed by atoms with Crippen LogP contribution in [0.25, 0.3) is 11.1 Å². The molecule has 0 saturated carbocycles. The molecule has 0 aromatic heterocycles. The van der Waals surface area contributed by atoms with Crippen LogP contribution in [-0.4, -0.2) is 17.8 Å². The fraction of sp³-hybridized carbons (Fsp3) is 0.0952. The molecule has 3 aromatic carbocycles. The van der Waals surface area contributed by atoms with Gasteiger partial charge in [-0.3, -0.25) is 5.32 Å². The fourth-order valence-electron chi connectivity index (χ4n) is 3.38. The van der Waals surface area contributed by atoms with E-state index in [1.165, 1.54) is 0 Å². The quantitative estimate of drug-likeness (QED) is 0.638. The van der Waals surface area contributed by atoms with Crippen LogP contribution in [0.3, 0.4) is 0 Å². The Kier molecular flexibility index (Phi) is 4.24. The van der Waals surface area contributed by atoms with E-state index in [-0.39, 0.29) is 18.2 Å². The summed E-state index contributed by atoms with van der Waals surface area (Å²) in [5.41, 5.74) is 4.05. The SMILES string of the molecule is O=C(Nc1cc(F)c(F)cc1O)OCC1c2ccccc2-c2ccccc21. The normalized spacial score (nSPS) is 12.4. The van der Waals surface area contributed by atoms with Crippen molar-refractivity contribution in [3.8, 4) is 16.9 Å². The lowest BCUT2D eigenvalue weighted by atomic mass is 9.98. The summed E-state index contributed by atoms with van der Waals surface area (Å²) < 4.78 is 31.6. The van der Waals surface area contributed by atoms with E-state index in [0.29, 0.717) is 12.1 Å². The molecule has 136 valence electrons. The summed E-state index contributed by atoms with van der Waals surface area (Å²) in [5, 5.41) is 11.9. The van der Waals surface area contributed by atoms with Crippen molar-refractivity contribution in [3.05, 3.63) is 83.4 Å². The molecule has 6 heteroatoms. The Morgan fingerprint density at radius 1 is 0.963 bits per heavy atom. The third-order valence-electron chi connectivity index (χ3n) is 4.62. The predicted molar refractivity (Wildman–Crippen MR) is 96.7 cm³/mol. The number of anilines is 1. The number of benzene rings is 3. The summed E-state index contributed by atoms with van der Waals surface area (Å²) in [7, 11) is 0. The van der Waals surface area contributed by atoms with E-state index < -0.39 is 23.5 Å². The summed E-state index contributed by atoms with van der Waals surface area (Å²) >= 11 is 0. The monoisotopic (exact) mass is 367 g/mol. The molecule has 1 aliphatic carbocycles. The Balaban J connectivity index is 1.51. The summed E-state index contributed by atoms with van der Waals surface area (Å²) in [6.07, 6.45) is -0.863. The smallest absolute Gasteiger partial charge is 0.411 e. The van der Waals surface area contributed by atoms with Gasteiger partial charge < -0.3 is 9.84 Å². The number of hydrogen-bond donors (Lipinski definition) is 2. The minimum atomic E-state index is -1.20. The predicted octanol–water partition coefficient (Wildman–Crippen LogP) is 5.03. The molecule has 4 rings (SSSR count). The molecule has 2 N–H and O–H groups in total. The van der Waals surface area contributed by atoms with Crippen LogP contribution in [0.1, 0.15) is 17.0 Å². The van der Waals surface area contributed by atoms with E-state index in [4.69, 9.17) is 4.74 Å². The number of aromatic hydroxyl groups is 1. The average Bonchev–Trinajstić information content (AvgIpc) is 2.98. The maximum Gasteiger partial charge on any atom is 0.411 e. The number of amides is 1. The third-order valence-corrected chi connectivity index (χ3v) is 4.62. The molecule has 0 radical (unpaired) electrons. The van der Waals surface area contributed by atoms with Crippen LogP contribution < -0.4 is 5.32 Å². The van der Waals surface area contributed by atoms with Gasteiger partial charge in [-0.05, 0) is 22.3 Å². The highest BCUT2D eigenvalue weighted by molar-refractivity contribution is 5.87. The van der Waals surface area contributed by atoms with Gasteiger partial charge in [0.25, 0.3) is 0 Å². The number of hydrogen-bond acceptors (Lipinski definition) is 3. The number of nitrogens with one attached hydrogen (secondary N) is 1. The number of phenolic OH excluding ortho intramolecular Hbond substituents is 1. The van der Waals surface area contributed by atoms with Crippen molar-refractivity contribution in [1.82, 2.24) is 0 Å². The van der Waals surface area contributed by atoms with Gasteiger partial charge in [-0.1, -0.05) is 48.5 Å². The average molecular weight is 367 g/mol. The second kappa shape index (κ2) is 6.72. The van der Waals surface area contributed by atoms with Gasteiger partial charge in [-0.2, -0.15) is 0 Å². The molecule has 27 heavy (non-hydrogen) atoms. The number of rotatable bonds is 3. The molecule has 3 aromatic rings. The molecule has 1 amide bonds. The number of carbonyl (C=O) groups is 1. The molecule has 0 fully saturated rings. The lowest BCUT2D eigenvalue weighted by molar-refractivity contribution is 0.158. The maximum absolute atomic E-state index is 13.3. The minimum absolute atomic E-state index is 0.0737. The number of phenols is 1. The first-order valence-electron chi connectivity index (χ1n) is 8.34. The van der Waals surface area contributed by atoms with Crippen LogP contribution in [0.4, 0.5) is 19.3 Å². The standard InChI is InChI=1S/C21H15F2NO3/c22-17-9-19(20(25)10-18(17)23)24-21(26)27-11-16-14-7-3-1-5-12(14)13-6-2-4-8-15(13)16/h1-10,16,25H,11H2,(H,24,26). The lowest BCUT2D eigenvalue weighted by Gasteiger charge is -2.15. The lowest BCUT2D eigenvalue weighted by Crippen LogP contribution is -2.18. The van der Waals surface area contributed by atoms with Crippen LogP contribution in [0, 0.1) is 11.6 Å². The zero-order valence-electron chi connectivity index (χ0n) is 14.1. The fourth-order valence-corrected chi connectivity index (χ4v) is 3.38. The Hall–Kier alpha value is -3.41. The summed E-state index contributed by atoms with van der Waals surface area (Å²) in [4.78, 5) is 12.1. The van der Waals surface area contributed by atoms with Crippen molar-refractivity contribution >= 4 is 11.8 Å². The largest absolute Gasteiger partial charge is 0.506 e. The van der Waals surface area contributed by atoms with Crippen molar-refractivity contribution in [3.63, 3.8) is 0 Å². The van der Waals surface area contributed by atoms with Gasteiger partial charge in [-0.25, -0.2) is 13.6 Å². The van der Waals surface area contributed by atoms with Crippen molar-refractivity contribution < 1.29 is 23.4 Å². The highest BCUT2D eigenvalue weighted by Crippen LogP contribution is 2.44. The minimum Gasteiger partial charge on any atom is -0.506 e. The van der Waals surface area contributed by atoms with E-state index in [1.807, 2.05) is 48.5 Å². The molecule has 0 bridgehead atoms. The zero-order valence-corrected chi connectivity index (χ0v) is 14.1. The van der Waals surface area contributed by atoms with Crippen molar-refractivity contribution in [2.75, 3.05) is 11.9 Å². The molecule has 0 heterocycles. The number of carbonyl (C=O) groups excluding carboxylic acids is 1.